The molecule has 5 heteroatoms. The van der Waals surface area contributed by atoms with E-state index in [0.29, 0.717) is 25.8 Å². The summed E-state index contributed by atoms with van der Waals surface area (Å²) >= 11 is 24.2. The van der Waals surface area contributed by atoms with Crippen molar-refractivity contribution in [1.82, 2.24) is 0 Å². The largest absolute Gasteiger partial charge is 0.497 e. The van der Waals surface area contributed by atoms with Gasteiger partial charge in [0.05, 0.1) is 27.2 Å². The maximum atomic E-state index is 6.19. The smallest absolute Gasteiger partial charge is 0.120 e. The fraction of sp³-hybridized carbons (Fsp3) is 0.0769. The molecule has 0 saturated heterocycles. The second kappa shape index (κ2) is 5.58. The number of hydrogen-bond donors (Lipinski definition) is 0. The van der Waals surface area contributed by atoms with Gasteiger partial charge >= 0.3 is 0 Å². The summed E-state index contributed by atoms with van der Waals surface area (Å²) in [5.41, 5.74) is 1.51. The van der Waals surface area contributed by atoms with Crippen LogP contribution in [0.5, 0.6) is 5.75 Å². The summed E-state index contributed by atoms with van der Waals surface area (Å²) in [6.07, 6.45) is 0. The zero-order valence-electron chi connectivity index (χ0n) is 9.31. The first-order chi connectivity index (χ1) is 8.52. The van der Waals surface area contributed by atoms with Crippen LogP contribution in [0.4, 0.5) is 0 Å². The van der Waals surface area contributed by atoms with Crippen molar-refractivity contribution in [2.75, 3.05) is 7.11 Å². The normalized spacial score (nSPS) is 10.5. The Bertz CT molecular complexity index is 596. The molecule has 0 aliphatic rings. The summed E-state index contributed by atoms with van der Waals surface area (Å²) in [5, 5.41) is 1.88. The van der Waals surface area contributed by atoms with Crippen LogP contribution in [0, 0.1) is 0 Å². The van der Waals surface area contributed by atoms with Crippen LogP contribution < -0.4 is 4.74 Å². The number of ether oxygens (including phenoxy) is 1. The average molecular weight is 322 g/mol. The van der Waals surface area contributed by atoms with Gasteiger partial charge in [-0.2, -0.15) is 0 Å². The van der Waals surface area contributed by atoms with E-state index in [4.69, 9.17) is 51.1 Å². The first-order valence-corrected chi connectivity index (χ1v) is 6.52. The van der Waals surface area contributed by atoms with E-state index < -0.39 is 0 Å². The topological polar surface area (TPSA) is 9.23 Å². The molecule has 0 atom stereocenters. The van der Waals surface area contributed by atoms with Gasteiger partial charge in [0.15, 0.2) is 0 Å². The van der Waals surface area contributed by atoms with Crippen LogP contribution >= 0.6 is 46.4 Å². The van der Waals surface area contributed by atoms with Gasteiger partial charge in [-0.05, 0) is 30.3 Å². The molecule has 0 amide bonds. The predicted molar refractivity (Wildman–Crippen MR) is 78.5 cm³/mol. The summed E-state index contributed by atoms with van der Waals surface area (Å²) in [5.74, 6) is 0.680. The van der Waals surface area contributed by atoms with Crippen LogP contribution in [0.3, 0.4) is 0 Å². The van der Waals surface area contributed by atoms with Gasteiger partial charge in [-0.25, -0.2) is 0 Å². The first kappa shape index (κ1) is 13.8. The molecule has 0 aliphatic carbocycles. The summed E-state index contributed by atoms with van der Waals surface area (Å²) in [6.45, 7) is 0. The summed E-state index contributed by atoms with van der Waals surface area (Å²) in [4.78, 5) is 0. The Kier molecular flexibility index (Phi) is 4.29. The molecular weight excluding hydrogens is 314 g/mol. The van der Waals surface area contributed by atoms with Crippen molar-refractivity contribution in [2.24, 2.45) is 0 Å². The molecule has 94 valence electrons. The number of methoxy groups -OCH3 is 1. The molecule has 0 radical (unpaired) electrons. The molecule has 0 unspecified atom stereocenters. The quantitative estimate of drug-likeness (QED) is 0.618. The van der Waals surface area contributed by atoms with E-state index >= 15 is 0 Å². The van der Waals surface area contributed by atoms with Gasteiger partial charge in [-0.15, -0.1) is 0 Å². The van der Waals surface area contributed by atoms with E-state index in [-0.39, 0.29) is 0 Å². The van der Waals surface area contributed by atoms with Gasteiger partial charge in [0.25, 0.3) is 0 Å². The lowest BCUT2D eigenvalue weighted by Crippen LogP contribution is -1.86. The monoisotopic (exact) mass is 320 g/mol. The Morgan fingerprint density at radius 2 is 1.33 bits per heavy atom. The molecule has 2 rings (SSSR count). The van der Waals surface area contributed by atoms with E-state index in [0.717, 1.165) is 11.1 Å². The lowest BCUT2D eigenvalue weighted by atomic mass is 10.1. The molecule has 18 heavy (non-hydrogen) atoms. The van der Waals surface area contributed by atoms with Gasteiger partial charge < -0.3 is 4.74 Å². The Hall–Kier alpha value is -0.600. The predicted octanol–water partition coefficient (Wildman–Crippen LogP) is 5.98. The maximum absolute atomic E-state index is 6.19. The molecule has 2 aromatic carbocycles. The summed E-state index contributed by atoms with van der Waals surface area (Å²) in [6, 6.07) is 8.64. The fourth-order valence-corrected chi connectivity index (χ4v) is 2.49. The molecule has 0 fully saturated rings. The molecule has 0 spiro atoms. The highest BCUT2D eigenvalue weighted by Gasteiger charge is 2.11. The minimum atomic E-state index is 0.412. The zero-order chi connectivity index (χ0) is 13.3. The second-order valence-electron chi connectivity index (χ2n) is 3.59. The van der Waals surface area contributed by atoms with Gasteiger partial charge in [-0.1, -0.05) is 46.4 Å². The van der Waals surface area contributed by atoms with E-state index in [2.05, 4.69) is 0 Å². The lowest BCUT2D eigenvalue weighted by molar-refractivity contribution is 0.415. The molecule has 0 heterocycles. The van der Waals surface area contributed by atoms with Crippen LogP contribution in [0.2, 0.25) is 20.1 Å². The van der Waals surface area contributed by atoms with Crippen molar-refractivity contribution in [1.29, 1.82) is 0 Å². The lowest BCUT2D eigenvalue weighted by Gasteiger charge is -2.10. The number of rotatable bonds is 2. The third-order valence-corrected chi connectivity index (χ3v) is 3.82. The standard InChI is InChI=1S/C13H8Cl4O/c1-18-7-2-3-8(10(14)4-7)9-5-12(16)13(17)6-11(9)15/h2-6H,1H3. The third kappa shape index (κ3) is 2.70. The Balaban J connectivity index is 2.58. The van der Waals surface area contributed by atoms with Crippen molar-refractivity contribution in [3.8, 4) is 16.9 Å². The van der Waals surface area contributed by atoms with Crippen molar-refractivity contribution in [3.05, 3.63) is 50.4 Å². The number of halogens is 4. The maximum Gasteiger partial charge on any atom is 0.120 e. The van der Waals surface area contributed by atoms with Crippen LogP contribution in [0.25, 0.3) is 11.1 Å². The summed E-state index contributed by atoms with van der Waals surface area (Å²) < 4.78 is 5.09. The van der Waals surface area contributed by atoms with Gasteiger partial charge in [0.2, 0.25) is 0 Å². The average Bonchev–Trinajstić information content (AvgIpc) is 2.34. The van der Waals surface area contributed by atoms with E-state index in [1.165, 1.54) is 0 Å². The molecule has 0 aliphatic heterocycles. The molecule has 0 saturated carbocycles. The Morgan fingerprint density at radius 3 is 1.94 bits per heavy atom. The summed E-state index contributed by atoms with van der Waals surface area (Å²) in [7, 11) is 1.58. The van der Waals surface area contributed by atoms with Crippen LogP contribution in [0.1, 0.15) is 0 Å². The highest BCUT2D eigenvalue weighted by atomic mass is 35.5. The molecule has 2 aromatic rings. The van der Waals surface area contributed by atoms with Gasteiger partial charge in [0, 0.05) is 11.1 Å². The fourth-order valence-electron chi connectivity index (χ4n) is 1.57. The van der Waals surface area contributed by atoms with Gasteiger partial charge in [0.1, 0.15) is 5.75 Å². The molecule has 0 bridgehead atoms. The van der Waals surface area contributed by atoms with Crippen molar-refractivity contribution >= 4 is 46.4 Å². The first-order valence-electron chi connectivity index (χ1n) is 5.01. The Morgan fingerprint density at radius 1 is 0.722 bits per heavy atom. The van der Waals surface area contributed by atoms with Crippen LogP contribution in [0.15, 0.2) is 30.3 Å². The SMILES string of the molecule is COc1ccc(-c2cc(Cl)c(Cl)cc2Cl)c(Cl)c1. The van der Waals surface area contributed by atoms with E-state index in [1.54, 1.807) is 31.4 Å². The minimum absolute atomic E-state index is 0.412. The highest BCUT2D eigenvalue weighted by Crippen LogP contribution is 2.39. The molecule has 0 aromatic heterocycles. The third-order valence-electron chi connectivity index (χ3n) is 2.48. The Labute approximate surface area is 125 Å². The number of hydrogen-bond acceptors (Lipinski definition) is 1. The van der Waals surface area contributed by atoms with Crippen molar-refractivity contribution < 1.29 is 4.74 Å². The van der Waals surface area contributed by atoms with Crippen molar-refractivity contribution in [2.45, 2.75) is 0 Å². The van der Waals surface area contributed by atoms with E-state index in [1.807, 2.05) is 6.07 Å². The highest BCUT2D eigenvalue weighted by molar-refractivity contribution is 6.44. The number of benzene rings is 2. The zero-order valence-corrected chi connectivity index (χ0v) is 12.3. The van der Waals surface area contributed by atoms with Crippen LogP contribution in [-0.2, 0) is 0 Å². The van der Waals surface area contributed by atoms with Crippen LogP contribution in [-0.4, -0.2) is 7.11 Å². The molecule has 1 nitrogen and oxygen atoms in total. The minimum Gasteiger partial charge on any atom is -0.497 e. The second-order valence-corrected chi connectivity index (χ2v) is 5.22. The molecule has 0 N–H and O–H groups in total. The molecular formula is C13H8Cl4O. The van der Waals surface area contributed by atoms with E-state index in [9.17, 15) is 0 Å². The van der Waals surface area contributed by atoms with Gasteiger partial charge in [-0.3, -0.25) is 0 Å². The van der Waals surface area contributed by atoms with Crippen molar-refractivity contribution in [3.63, 3.8) is 0 Å².